The number of hydrogen-bond donors (Lipinski definition) is 0. The van der Waals surface area contributed by atoms with Crippen LogP contribution in [0, 0.1) is 0 Å². The van der Waals surface area contributed by atoms with Crippen LogP contribution in [0.4, 0.5) is 0 Å². The first-order chi connectivity index (χ1) is 14.8. The molecule has 0 heterocycles. The molecule has 0 radical (unpaired) electrons. The largest absolute Gasteiger partial charge is 0.0843 e. The average molecular weight is 403 g/mol. The molecule has 5 aromatic carbocycles. The second-order valence-electron chi connectivity index (χ2n) is 7.92. The van der Waals surface area contributed by atoms with Crippen molar-refractivity contribution in [2.75, 3.05) is 0 Å². The van der Waals surface area contributed by atoms with Gasteiger partial charge in [0, 0.05) is 5.02 Å². The SMILES string of the molecule is Clc1cccc(C2(c3ccccc3)c3ccccc3-c3cc4ccccc4cc32)c1. The molecule has 1 aliphatic rings. The van der Waals surface area contributed by atoms with E-state index in [0.717, 1.165) is 5.02 Å². The molecule has 0 N–H and O–H groups in total. The Bertz CT molecular complexity index is 1400. The van der Waals surface area contributed by atoms with E-state index in [4.69, 9.17) is 11.6 Å². The van der Waals surface area contributed by atoms with E-state index in [1.165, 1.54) is 44.2 Å². The van der Waals surface area contributed by atoms with Gasteiger partial charge in [0.25, 0.3) is 0 Å². The van der Waals surface area contributed by atoms with Gasteiger partial charge in [-0.2, -0.15) is 0 Å². The third-order valence-corrected chi connectivity index (χ3v) is 6.61. The lowest BCUT2D eigenvalue weighted by Gasteiger charge is -2.34. The van der Waals surface area contributed by atoms with Crippen molar-refractivity contribution in [2.45, 2.75) is 5.41 Å². The second kappa shape index (κ2) is 6.58. The van der Waals surface area contributed by atoms with Gasteiger partial charge in [-0.1, -0.05) is 103 Å². The van der Waals surface area contributed by atoms with Crippen molar-refractivity contribution in [2.24, 2.45) is 0 Å². The van der Waals surface area contributed by atoms with Gasteiger partial charge in [0.1, 0.15) is 0 Å². The summed E-state index contributed by atoms with van der Waals surface area (Å²) in [5, 5.41) is 3.28. The smallest absolute Gasteiger partial charge is 0.0714 e. The molecule has 0 fully saturated rings. The van der Waals surface area contributed by atoms with E-state index in [0.29, 0.717) is 0 Å². The van der Waals surface area contributed by atoms with Crippen LogP contribution in [0.25, 0.3) is 21.9 Å². The van der Waals surface area contributed by atoms with Crippen molar-refractivity contribution >= 4 is 22.4 Å². The highest BCUT2D eigenvalue weighted by Gasteiger charge is 2.46. The van der Waals surface area contributed by atoms with Crippen LogP contribution in [-0.2, 0) is 5.41 Å². The van der Waals surface area contributed by atoms with Gasteiger partial charge >= 0.3 is 0 Å². The zero-order chi connectivity index (χ0) is 20.1. The summed E-state index contributed by atoms with van der Waals surface area (Å²) in [7, 11) is 0. The molecule has 0 saturated heterocycles. The van der Waals surface area contributed by atoms with Gasteiger partial charge in [0.15, 0.2) is 0 Å². The summed E-state index contributed by atoms with van der Waals surface area (Å²) in [4.78, 5) is 0. The molecule has 0 amide bonds. The minimum Gasteiger partial charge on any atom is -0.0843 e. The van der Waals surface area contributed by atoms with Gasteiger partial charge in [-0.05, 0) is 68.4 Å². The first kappa shape index (κ1) is 17.5. The number of halogens is 1. The van der Waals surface area contributed by atoms with E-state index in [2.05, 4.69) is 109 Å². The highest BCUT2D eigenvalue weighted by Crippen LogP contribution is 2.56. The van der Waals surface area contributed by atoms with E-state index >= 15 is 0 Å². The van der Waals surface area contributed by atoms with Crippen molar-refractivity contribution < 1.29 is 0 Å². The topological polar surface area (TPSA) is 0 Å². The minimum atomic E-state index is -0.401. The Morgan fingerprint density at radius 2 is 1.13 bits per heavy atom. The van der Waals surface area contributed by atoms with Crippen LogP contribution >= 0.6 is 11.6 Å². The molecule has 1 unspecified atom stereocenters. The Labute approximate surface area is 181 Å². The van der Waals surface area contributed by atoms with Crippen molar-refractivity contribution in [1.82, 2.24) is 0 Å². The molecule has 1 heteroatoms. The summed E-state index contributed by atoms with van der Waals surface area (Å²) < 4.78 is 0. The maximum Gasteiger partial charge on any atom is 0.0714 e. The first-order valence-electron chi connectivity index (χ1n) is 10.2. The Morgan fingerprint density at radius 1 is 0.467 bits per heavy atom. The van der Waals surface area contributed by atoms with E-state index in [1.54, 1.807) is 0 Å². The molecule has 6 rings (SSSR count). The van der Waals surface area contributed by atoms with Gasteiger partial charge < -0.3 is 0 Å². The van der Waals surface area contributed by atoms with E-state index < -0.39 is 5.41 Å². The fourth-order valence-corrected chi connectivity index (χ4v) is 5.35. The second-order valence-corrected chi connectivity index (χ2v) is 8.35. The van der Waals surface area contributed by atoms with E-state index in [9.17, 15) is 0 Å². The zero-order valence-corrected chi connectivity index (χ0v) is 17.1. The monoisotopic (exact) mass is 402 g/mol. The summed E-state index contributed by atoms with van der Waals surface area (Å²) >= 11 is 6.52. The Morgan fingerprint density at radius 3 is 1.93 bits per heavy atom. The lowest BCUT2D eigenvalue weighted by Crippen LogP contribution is -2.28. The quantitative estimate of drug-likeness (QED) is 0.276. The molecule has 0 nitrogen and oxygen atoms in total. The standard InChI is InChI=1S/C29H19Cl/c30-24-14-8-13-23(19-24)29(22-11-2-1-3-12-22)27-16-7-6-15-25(27)26-17-20-9-4-5-10-21(20)18-28(26)29/h1-19H. The fourth-order valence-electron chi connectivity index (χ4n) is 5.16. The van der Waals surface area contributed by atoms with Gasteiger partial charge in [-0.25, -0.2) is 0 Å². The molecular weight excluding hydrogens is 384 g/mol. The number of fused-ring (bicyclic) bond motifs is 4. The molecule has 1 atom stereocenters. The number of rotatable bonds is 2. The van der Waals surface area contributed by atoms with Crippen molar-refractivity contribution in [3.63, 3.8) is 0 Å². The summed E-state index contributed by atoms with van der Waals surface area (Å²) in [6, 6.07) is 41.3. The minimum absolute atomic E-state index is 0.401. The summed E-state index contributed by atoms with van der Waals surface area (Å²) in [6.45, 7) is 0. The van der Waals surface area contributed by atoms with Crippen LogP contribution in [-0.4, -0.2) is 0 Å². The van der Waals surface area contributed by atoms with Crippen LogP contribution in [0.15, 0.2) is 115 Å². The summed E-state index contributed by atoms with van der Waals surface area (Å²) in [5.41, 5.74) is 7.27. The highest BCUT2D eigenvalue weighted by molar-refractivity contribution is 6.30. The first-order valence-corrected chi connectivity index (χ1v) is 10.6. The maximum atomic E-state index is 6.52. The van der Waals surface area contributed by atoms with E-state index in [1.807, 2.05) is 6.07 Å². The van der Waals surface area contributed by atoms with Crippen LogP contribution < -0.4 is 0 Å². The molecule has 0 spiro atoms. The molecule has 5 aromatic rings. The Hall–Kier alpha value is -3.35. The van der Waals surface area contributed by atoms with Crippen molar-refractivity contribution in [3.05, 3.63) is 143 Å². The van der Waals surface area contributed by atoms with E-state index in [-0.39, 0.29) is 0 Å². The zero-order valence-electron chi connectivity index (χ0n) is 16.3. The molecular formula is C29H19Cl. The predicted octanol–water partition coefficient (Wildman–Crippen LogP) is 7.86. The van der Waals surface area contributed by atoms with Crippen LogP contribution in [0.1, 0.15) is 22.3 Å². The van der Waals surface area contributed by atoms with Gasteiger partial charge in [0.2, 0.25) is 0 Å². The number of benzene rings is 5. The van der Waals surface area contributed by atoms with Gasteiger partial charge in [0.05, 0.1) is 5.41 Å². The van der Waals surface area contributed by atoms with Gasteiger partial charge in [-0.15, -0.1) is 0 Å². The Kier molecular flexibility index (Phi) is 3.84. The molecule has 0 bridgehead atoms. The third-order valence-electron chi connectivity index (χ3n) is 6.38. The lowest BCUT2D eigenvalue weighted by molar-refractivity contribution is 0.769. The number of hydrogen-bond acceptors (Lipinski definition) is 0. The van der Waals surface area contributed by atoms with Crippen LogP contribution in [0.3, 0.4) is 0 Å². The van der Waals surface area contributed by atoms with Crippen molar-refractivity contribution in [1.29, 1.82) is 0 Å². The summed E-state index contributed by atoms with van der Waals surface area (Å²) in [6.07, 6.45) is 0. The molecule has 1 aliphatic carbocycles. The molecule has 142 valence electrons. The van der Waals surface area contributed by atoms with Crippen LogP contribution in [0.2, 0.25) is 5.02 Å². The highest BCUT2D eigenvalue weighted by atomic mass is 35.5. The predicted molar refractivity (Wildman–Crippen MR) is 126 cm³/mol. The Balaban J connectivity index is 1.83. The molecule has 0 saturated carbocycles. The fraction of sp³-hybridized carbons (Fsp3) is 0.0345. The lowest BCUT2D eigenvalue weighted by atomic mass is 9.67. The average Bonchev–Trinajstić information content (AvgIpc) is 3.08. The maximum absolute atomic E-state index is 6.52. The van der Waals surface area contributed by atoms with Gasteiger partial charge in [-0.3, -0.25) is 0 Å². The molecule has 0 aliphatic heterocycles. The molecule has 0 aromatic heterocycles. The molecule has 30 heavy (non-hydrogen) atoms. The third kappa shape index (κ3) is 2.35. The van der Waals surface area contributed by atoms with Crippen molar-refractivity contribution in [3.8, 4) is 11.1 Å². The van der Waals surface area contributed by atoms with Crippen LogP contribution in [0.5, 0.6) is 0 Å². The normalized spacial score (nSPS) is 17.0. The summed E-state index contributed by atoms with van der Waals surface area (Å²) in [5.74, 6) is 0.